The maximum absolute atomic E-state index is 14.9. The minimum Gasteiger partial charge on any atom is -0.354 e. The van der Waals surface area contributed by atoms with Gasteiger partial charge < -0.3 is 9.42 Å². The molecule has 0 radical (unpaired) electrons. The minimum absolute atomic E-state index is 0.0169. The van der Waals surface area contributed by atoms with E-state index in [1.807, 2.05) is 0 Å². The lowest BCUT2D eigenvalue weighted by atomic mass is 9.99. The molecule has 2 saturated heterocycles. The molecule has 0 spiro atoms. The number of halogens is 3. The van der Waals surface area contributed by atoms with E-state index in [-0.39, 0.29) is 47.2 Å². The Morgan fingerprint density at radius 3 is 2.45 bits per heavy atom. The number of fused-ring (bicyclic) bond motifs is 2. The van der Waals surface area contributed by atoms with Gasteiger partial charge in [-0.2, -0.15) is 0 Å². The van der Waals surface area contributed by atoms with Gasteiger partial charge in [-0.1, -0.05) is 11.2 Å². The number of benzene rings is 2. The maximum atomic E-state index is 14.9. The Labute approximate surface area is 187 Å². The first-order valence-corrected chi connectivity index (χ1v) is 12.0. The molecule has 3 heterocycles. The van der Waals surface area contributed by atoms with Crippen molar-refractivity contribution in [3.8, 4) is 11.1 Å². The van der Waals surface area contributed by atoms with Gasteiger partial charge in [-0.3, -0.25) is 4.90 Å². The first kappa shape index (κ1) is 21.7. The molecule has 2 aliphatic rings. The third kappa shape index (κ3) is 3.53. The Kier molecular flexibility index (Phi) is 5.09. The molecule has 8 nitrogen and oxygen atoms in total. The van der Waals surface area contributed by atoms with E-state index in [2.05, 4.69) is 9.88 Å². The zero-order chi connectivity index (χ0) is 23.5. The molecule has 2 aliphatic heterocycles. The third-order valence-corrected chi connectivity index (χ3v) is 7.50. The lowest BCUT2D eigenvalue weighted by Crippen LogP contribution is -2.41. The quantitative estimate of drug-likeness (QED) is 0.605. The van der Waals surface area contributed by atoms with Crippen molar-refractivity contribution in [3.63, 3.8) is 0 Å². The lowest BCUT2D eigenvalue weighted by Gasteiger charge is -2.18. The van der Waals surface area contributed by atoms with Gasteiger partial charge in [0.2, 0.25) is 10.0 Å². The molecular weight excluding hydrogens is 461 g/mol. The van der Waals surface area contributed by atoms with E-state index in [9.17, 15) is 26.4 Å². The molecule has 0 aliphatic carbocycles. The standard InChI is InChI=1S/C21H19F3N4O4S/c1-2-33(30,31)26-11-8-12-10-28(21(29)27(12)9-11)20-19-16(32-25-20)7-6-15(24)18(19)17-13(22)4-3-5-14(17)23/h3-7,11-12,26H,2,8-10H2,1H3/t11-,12-/m0/s1. The highest BCUT2D eigenvalue weighted by Gasteiger charge is 2.46. The van der Waals surface area contributed by atoms with Crippen molar-refractivity contribution in [2.75, 3.05) is 23.7 Å². The Hall–Kier alpha value is -3.12. The van der Waals surface area contributed by atoms with E-state index in [0.29, 0.717) is 6.42 Å². The van der Waals surface area contributed by atoms with Crippen LogP contribution in [0.25, 0.3) is 22.1 Å². The number of amides is 2. The van der Waals surface area contributed by atoms with E-state index in [1.165, 1.54) is 28.9 Å². The molecule has 0 saturated carbocycles. The molecule has 2 atom stereocenters. The number of nitrogens with zero attached hydrogens (tertiary/aromatic N) is 3. The summed E-state index contributed by atoms with van der Waals surface area (Å²) in [5.74, 6) is -2.94. The largest absolute Gasteiger partial charge is 0.354 e. The number of nitrogens with one attached hydrogen (secondary N) is 1. The van der Waals surface area contributed by atoms with Crippen LogP contribution in [0.1, 0.15) is 13.3 Å². The van der Waals surface area contributed by atoms with Gasteiger partial charge >= 0.3 is 6.03 Å². The van der Waals surface area contributed by atoms with Gasteiger partial charge in [-0.05, 0) is 37.6 Å². The van der Waals surface area contributed by atoms with E-state index < -0.39 is 45.1 Å². The lowest BCUT2D eigenvalue weighted by molar-refractivity contribution is 0.218. The summed E-state index contributed by atoms with van der Waals surface area (Å²) in [6, 6.07) is 4.29. The fourth-order valence-corrected chi connectivity index (χ4v) is 5.37. The second-order valence-corrected chi connectivity index (χ2v) is 10.1. The zero-order valence-electron chi connectivity index (χ0n) is 17.4. The number of sulfonamides is 1. The Balaban J connectivity index is 1.53. The molecular formula is C21H19F3N4O4S. The number of rotatable bonds is 5. The molecule has 2 fully saturated rings. The number of urea groups is 1. The van der Waals surface area contributed by atoms with Crippen LogP contribution in [-0.4, -0.2) is 55.4 Å². The third-order valence-electron chi connectivity index (χ3n) is 6.05. The van der Waals surface area contributed by atoms with Crippen molar-refractivity contribution in [3.05, 3.63) is 47.8 Å². The second-order valence-electron chi connectivity index (χ2n) is 8.05. The predicted molar refractivity (Wildman–Crippen MR) is 114 cm³/mol. The van der Waals surface area contributed by atoms with E-state index in [1.54, 1.807) is 0 Å². The monoisotopic (exact) mass is 480 g/mol. The van der Waals surface area contributed by atoms with Crippen LogP contribution in [0.2, 0.25) is 0 Å². The topological polar surface area (TPSA) is 95.7 Å². The average molecular weight is 480 g/mol. The van der Waals surface area contributed by atoms with Crippen molar-refractivity contribution in [1.82, 2.24) is 14.8 Å². The summed E-state index contributed by atoms with van der Waals surface area (Å²) in [6.07, 6.45) is 0.389. The zero-order valence-corrected chi connectivity index (χ0v) is 18.2. The van der Waals surface area contributed by atoms with Gasteiger partial charge in [-0.25, -0.2) is 31.1 Å². The van der Waals surface area contributed by atoms with Gasteiger partial charge in [0.25, 0.3) is 0 Å². The number of hydrogen-bond donors (Lipinski definition) is 1. The van der Waals surface area contributed by atoms with Gasteiger partial charge in [0.1, 0.15) is 17.5 Å². The number of hydrogen-bond acceptors (Lipinski definition) is 5. The van der Waals surface area contributed by atoms with E-state index in [0.717, 1.165) is 18.2 Å². The number of carbonyl (C=O) groups is 1. The minimum atomic E-state index is -3.43. The fourth-order valence-electron chi connectivity index (χ4n) is 4.53. The first-order chi connectivity index (χ1) is 15.7. The number of anilines is 1. The first-order valence-electron chi connectivity index (χ1n) is 10.3. The molecule has 1 N–H and O–H groups in total. The summed E-state index contributed by atoms with van der Waals surface area (Å²) in [7, 11) is -3.43. The van der Waals surface area contributed by atoms with Crippen LogP contribution in [0.3, 0.4) is 0 Å². The van der Waals surface area contributed by atoms with Crippen molar-refractivity contribution in [2.45, 2.75) is 25.4 Å². The van der Waals surface area contributed by atoms with Crippen molar-refractivity contribution in [2.24, 2.45) is 0 Å². The van der Waals surface area contributed by atoms with Crippen molar-refractivity contribution in [1.29, 1.82) is 0 Å². The molecule has 0 unspecified atom stereocenters. The van der Waals surface area contributed by atoms with Crippen molar-refractivity contribution < 1.29 is 30.9 Å². The Morgan fingerprint density at radius 2 is 1.79 bits per heavy atom. The molecule has 2 amide bonds. The molecule has 3 aromatic rings. The van der Waals surface area contributed by atoms with Crippen LogP contribution >= 0.6 is 0 Å². The van der Waals surface area contributed by atoms with Crippen LogP contribution in [-0.2, 0) is 10.0 Å². The van der Waals surface area contributed by atoms with Crippen LogP contribution in [0.5, 0.6) is 0 Å². The molecule has 0 bridgehead atoms. The van der Waals surface area contributed by atoms with Crippen LogP contribution in [0, 0.1) is 17.5 Å². The summed E-state index contributed by atoms with van der Waals surface area (Å²) in [5.41, 5.74) is -0.892. The highest BCUT2D eigenvalue weighted by molar-refractivity contribution is 7.89. The number of aromatic nitrogens is 1. The second kappa shape index (κ2) is 7.73. The fraction of sp³-hybridized carbons (Fsp3) is 0.333. The van der Waals surface area contributed by atoms with Gasteiger partial charge in [0.15, 0.2) is 11.4 Å². The maximum Gasteiger partial charge on any atom is 0.326 e. The molecule has 33 heavy (non-hydrogen) atoms. The Bertz CT molecular complexity index is 1360. The highest BCUT2D eigenvalue weighted by Crippen LogP contribution is 2.41. The van der Waals surface area contributed by atoms with Crippen LogP contribution in [0.15, 0.2) is 34.9 Å². The van der Waals surface area contributed by atoms with Crippen LogP contribution < -0.4 is 9.62 Å². The van der Waals surface area contributed by atoms with Crippen molar-refractivity contribution >= 4 is 32.8 Å². The summed E-state index contributed by atoms with van der Waals surface area (Å²) in [4.78, 5) is 15.9. The molecule has 5 rings (SSSR count). The molecule has 2 aromatic carbocycles. The smallest absolute Gasteiger partial charge is 0.326 e. The van der Waals surface area contributed by atoms with Gasteiger partial charge in [0.05, 0.1) is 22.7 Å². The molecule has 174 valence electrons. The van der Waals surface area contributed by atoms with E-state index >= 15 is 0 Å². The number of carbonyl (C=O) groups excluding carboxylic acids is 1. The normalized spacial score (nSPS) is 20.8. The van der Waals surface area contributed by atoms with Crippen LogP contribution in [0.4, 0.5) is 23.8 Å². The summed E-state index contributed by atoms with van der Waals surface area (Å²) < 4.78 is 75.5. The molecule has 12 heteroatoms. The predicted octanol–water partition coefficient (Wildman–Crippen LogP) is 3.23. The Morgan fingerprint density at radius 1 is 1.09 bits per heavy atom. The molecule has 1 aromatic heterocycles. The summed E-state index contributed by atoms with van der Waals surface area (Å²) in [5, 5.41) is 3.90. The van der Waals surface area contributed by atoms with Gasteiger partial charge in [-0.15, -0.1) is 0 Å². The summed E-state index contributed by atoms with van der Waals surface area (Å²) >= 11 is 0. The summed E-state index contributed by atoms with van der Waals surface area (Å²) in [6.45, 7) is 1.83. The average Bonchev–Trinajstić information content (AvgIpc) is 3.43. The van der Waals surface area contributed by atoms with Gasteiger partial charge in [0, 0.05) is 24.7 Å². The highest BCUT2D eigenvalue weighted by atomic mass is 32.2. The SMILES string of the molecule is CCS(=O)(=O)N[C@H]1C[C@H]2CN(c3noc4ccc(F)c(-c5c(F)cccc5F)c34)C(=O)N2C1. The van der Waals surface area contributed by atoms with E-state index in [4.69, 9.17) is 4.52 Å².